The summed E-state index contributed by atoms with van der Waals surface area (Å²) in [4.78, 5) is 26.4. The van der Waals surface area contributed by atoms with Crippen LogP contribution in [0.15, 0.2) is 18.2 Å². The second-order valence-electron chi connectivity index (χ2n) is 8.69. The quantitative estimate of drug-likeness (QED) is 0.750. The number of nitrogens with one attached hydrogen (secondary N) is 1. The predicted octanol–water partition coefficient (Wildman–Crippen LogP) is 4.36. The van der Waals surface area contributed by atoms with E-state index in [0.29, 0.717) is 25.6 Å². The number of carbonyl (C=O) groups is 1. The van der Waals surface area contributed by atoms with Crippen molar-refractivity contribution in [1.29, 1.82) is 0 Å². The lowest BCUT2D eigenvalue weighted by atomic mass is 9.97. The van der Waals surface area contributed by atoms with Crippen molar-refractivity contribution in [2.45, 2.75) is 60.3 Å². The molecule has 1 fully saturated rings. The third-order valence-corrected chi connectivity index (χ3v) is 6.33. The maximum absolute atomic E-state index is 12.2. The first-order chi connectivity index (χ1) is 14.8. The Morgan fingerprint density at radius 2 is 1.81 bits per heavy atom. The van der Waals surface area contributed by atoms with Crippen molar-refractivity contribution in [2.75, 3.05) is 37.6 Å². The first-order valence-electron chi connectivity index (χ1n) is 11.5. The fourth-order valence-electron chi connectivity index (χ4n) is 4.04. The number of benzene rings is 1. The van der Waals surface area contributed by atoms with Gasteiger partial charge in [-0.2, -0.15) is 0 Å². The highest BCUT2D eigenvalue weighted by atomic mass is 16.2. The molecule has 1 aromatic heterocycles. The highest BCUT2D eigenvalue weighted by Gasteiger charge is 2.25. The van der Waals surface area contributed by atoms with Crippen LogP contribution in [0.2, 0.25) is 0 Å². The second-order valence-corrected chi connectivity index (χ2v) is 8.69. The smallest absolute Gasteiger partial charge is 0.317 e. The molecule has 1 atom stereocenters. The van der Waals surface area contributed by atoms with Crippen molar-refractivity contribution in [3.63, 3.8) is 0 Å². The lowest BCUT2D eigenvalue weighted by Gasteiger charge is -2.36. The van der Waals surface area contributed by atoms with Crippen LogP contribution in [0, 0.1) is 20.8 Å². The van der Waals surface area contributed by atoms with Gasteiger partial charge in [0, 0.05) is 56.3 Å². The molecule has 0 unspecified atom stereocenters. The van der Waals surface area contributed by atoms with Crippen LogP contribution in [-0.2, 0) is 6.42 Å². The average Bonchev–Trinajstić information content (AvgIpc) is 2.77. The van der Waals surface area contributed by atoms with Crippen molar-refractivity contribution in [3.8, 4) is 0 Å². The van der Waals surface area contributed by atoms with Crippen molar-refractivity contribution in [1.82, 2.24) is 20.2 Å². The molecule has 6 nitrogen and oxygen atoms in total. The van der Waals surface area contributed by atoms with E-state index in [1.807, 2.05) is 11.8 Å². The van der Waals surface area contributed by atoms with Gasteiger partial charge in [0.1, 0.15) is 11.6 Å². The normalized spacial score (nSPS) is 15.2. The van der Waals surface area contributed by atoms with E-state index in [4.69, 9.17) is 9.97 Å². The van der Waals surface area contributed by atoms with Gasteiger partial charge in [-0.25, -0.2) is 14.8 Å². The van der Waals surface area contributed by atoms with Crippen LogP contribution in [0.4, 0.5) is 10.6 Å². The zero-order valence-corrected chi connectivity index (χ0v) is 20.0. The highest BCUT2D eigenvalue weighted by Crippen LogP contribution is 2.29. The summed E-state index contributed by atoms with van der Waals surface area (Å²) in [5.41, 5.74) is 6.15. The summed E-state index contributed by atoms with van der Waals surface area (Å²) >= 11 is 0. The Bertz CT molecular complexity index is 918. The van der Waals surface area contributed by atoms with Crippen molar-refractivity contribution >= 4 is 11.8 Å². The summed E-state index contributed by atoms with van der Waals surface area (Å²) in [7, 11) is 0. The Labute approximate surface area is 187 Å². The van der Waals surface area contributed by atoms with Crippen LogP contribution in [0.5, 0.6) is 0 Å². The Morgan fingerprint density at radius 1 is 1.10 bits per heavy atom. The fourth-order valence-corrected chi connectivity index (χ4v) is 4.04. The molecule has 1 saturated heterocycles. The lowest BCUT2D eigenvalue weighted by molar-refractivity contribution is 0.195. The lowest BCUT2D eigenvalue weighted by Crippen LogP contribution is -2.52. The van der Waals surface area contributed by atoms with E-state index in [9.17, 15) is 4.79 Å². The molecule has 0 spiro atoms. The van der Waals surface area contributed by atoms with E-state index in [0.717, 1.165) is 43.3 Å². The third-order valence-electron chi connectivity index (χ3n) is 6.33. The molecule has 31 heavy (non-hydrogen) atoms. The van der Waals surface area contributed by atoms with Gasteiger partial charge in [0.05, 0.1) is 0 Å². The molecule has 0 saturated carbocycles. The summed E-state index contributed by atoms with van der Waals surface area (Å²) in [6.07, 6.45) is 1.84. The first kappa shape index (κ1) is 23.0. The Hall–Kier alpha value is -2.63. The second kappa shape index (κ2) is 10.1. The number of amides is 2. The largest absolute Gasteiger partial charge is 0.353 e. The topological polar surface area (TPSA) is 61.4 Å². The van der Waals surface area contributed by atoms with Crippen molar-refractivity contribution in [2.24, 2.45) is 0 Å². The zero-order valence-electron chi connectivity index (χ0n) is 20.0. The first-order valence-corrected chi connectivity index (χ1v) is 11.5. The van der Waals surface area contributed by atoms with Crippen LogP contribution >= 0.6 is 0 Å². The van der Waals surface area contributed by atoms with Gasteiger partial charge in [-0.05, 0) is 45.2 Å². The Morgan fingerprint density at radius 3 is 2.45 bits per heavy atom. The molecule has 1 aliphatic rings. The number of carbonyl (C=O) groups excluding carboxylic acids is 1. The van der Waals surface area contributed by atoms with Gasteiger partial charge < -0.3 is 15.1 Å². The number of aromatic nitrogens is 2. The molecule has 6 heteroatoms. The molecule has 3 rings (SSSR count). The molecular weight excluding hydrogens is 386 g/mol. The number of hydrogen-bond acceptors (Lipinski definition) is 4. The summed E-state index contributed by atoms with van der Waals surface area (Å²) in [6, 6.07) is 6.65. The molecule has 2 heterocycles. The third kappa shape index (κ3) is 5.35. The standard InChI is InChI=1S/C25H37N5O/c1-7-18(4)23-27-20(6)22(16-21-15-17(3)9-10-19(21)5)24(28-23)29-11-13-30(14-12-29)25(31)26-8-2/h9-10,15,18H,7-8,11-14,16H2,1-6H3,(H,26,31)/t18-/m1/s1. The summed E-state index contributed by atoms with van der Waals surface area (Å²) in [5, 5.41) is 2.91. The maximum atomic E-state index is 12.2. The molecule has 0 aliphatic carbocycles. The van der Waals surface area contributed by atoms with Crippen molar-refractivity contribution in [3.05, 3.63) is 52.0 Å². The molecule has 168 valence electrons. The maximum Gasteiger partial charge on any atom is 0.317 e. The molecule has 1 aliphatic heterocycles. The molecule has 2 amide bonds. The summed E-state index contributed by atoms with van der Waals surface area (Å²) < 4.78 is 0. The van der Waals surface area contributed by atoms with E-state index >= 15 is 0 Å². The van der Waals surface area contributed by atoms with Crippen molar-refractivity contribution < 1.29 is 4.79 Å². The van der Waals surface area contributed by atoms with Crippen LogP contribution in [0.1, 0.15) is 66.9 Å². The highest BCUT2D eigenvalue weighted by molar-refractivity contribution is 5.74. The minimum absolute atomic E-state index is 0.0249. The van der Waals surface area contributed by atoms with Gasteiger partial charge in [-0.15, -0.1) is 0 Å². The molecular formula is C25H37N5O. The average molecular weight is 424 g/mol. The Balaban J connectivity index is 1.94. The predicted molar refractivity (Wildman–Crippen MR) is 127 cm³/mol. The summed E-state index contributed by atoms with van der Waals surface area (Å²) in [5.74, 6) is 2.29. The number of nitrogens with zero attached hydrogens (tertiary/aromatic N) is 4. The zero-order chi connectivity index (χ0) is 22.5. The van der Waals surface area contributed by atoms with Crippen LogP contribution in [0.25, 0.3) is 0 Å². The van der Waals surface area contributed by atoms with Gasteiger partial charge in [-0.1, -0.05) is 37.6 Å². The Kier molecular flexibility index (Phi) is 7.52. The number of rotatable bonds is 6. The van der Waals surface area contributed by atoms with Gasteiger partial charge in [0.15, 0.2) is 0 Å². The fraction of sp³-hybridized carbons (Fsp3) is 0.560. The monoisotopic (exact) mass is 423 g/mol. The van der Waals surface area contributed by atoms with Gasteiger partial charge in [0.25, 0.3) is 0 Å². The van der Waals surface area contributed by atoms with Gasteiger partial charge in [-0.3, -0.25) is 0 Å². The van der Waals surface area contributed by atoms with E-state index in [2.05, 4.69) is 63.0 Å². The number of anilines is 1. The van der Waals surface area contributed by atoms with Gasteiger partial charge >= 0.3 is 6.03 Å². The molecule has 1 N–H and O–H groups in total. The molecule has 1 aromatic carbocycles. The SMILES string of the molecule is CCNC(=O)N1CCN(c2nc([C@H](C)CC)nc(C)c2Cc2cc(C)ccc2C)CC1. The number of urea groups is 1. The summed E-state index contributed by atoms with van der Waals surface area (Å²) in [6.45, 7) is 16.4. The van der Waals surface area contributed by atoms with E-state index in [1.165, 1.54) is 22.3 Å². The molecule has 0 radical (unpaired) electrons. The number of hydrogen-bond donors (Lipinski definition) is 1. The minimum atomic E-state index is 0.0249. The number of aryl methyl sites for hydroxylation is 3. The molecule has 0 bridgehead atoms. The minimum Gasteiger partial charge on any atom is -0.353 e. The number of piperazine rings is 1. The van der Waals surface area contributed by atoms with E-state index < -0.39 is 0 Å². The van der Waals surface area contributed by atoms with E-state index in [1.54, 1.807) is 0 Å². The van der Waals surface area contributed by atoms with E-state index in [-0.39, 0.29) is 6.03 Å². The van der Waals surface area contributed by atoms with Crippen LogP contribution in [-0.4, -0.2) is 53.6 Å². The van der Waals surface area contributed by atoms with Crippen LogP contribution < -0.4 is 10.2 Å². The van der Waals surface area contributed by atoms with Gasteiger partial charge in [0.2, 0.25) is 0 Å². The van der Waals surface area contributed by atoms with Crippen LogP contribution in [0.3, 0.4) is 0 Å². The molecule has 2 aromatic rings.